The van der Waals surface area contributed by atoms with Crippen molar-refractivity contribution in [1.29, 1.82) is 5.26 Å². The van der Waals surface area contributed by atoms with E-state index in [-0.39, 0.29) is 23.9 Å². The van der Waals surface area contributed by atoms with E-state index in [0.29, 0.717) is 35.1 Å². The second-order valence-corrected chi connectivity index (χ2v) is 8.13. The Morgan fingerprint density at radius 2 is 1.83 bits per heavy atom. The van der Waals surface area contributed by atoms with E-state index >= 15 is 0 Å². The first-order chi connectivity index (χ1) is 17.6. The number of H-pyrrole nitrogens is 1. The van der Waals surface area contributed by atoms with Gasteiger partial charge >= 0.3 is 0 Å². The van der Waals surface area contributed by atoms with Crippen molar-refractivity contribution >= 4 is 0 Å². The van der Waals surface area contributed by atoms with Crippen LogP contribution in [0.5, 0.6) is 17.4 Å². The molecule has 3 N–H and O–H groups in total. The van der Waals surface area contributed by atoms with Crippen LogP contribution in [0, 0.1) is 17.1 Å². The molecule has 180 valence electrons. The van der Waals surface area contributed by atoms with Gasteiger partial charge in [0.25, 0.3) is 0 Å². The molecule has 0 unspecified atom stereocenters. The van der Waals surface area contributed by atoms with E-state index in [1.165, 1.54) is 6.07 Å². The number of benzene rings is 3. The summed E-state index contributed by atoms with van der Waals surface area (Å²) < 4.78 is 31.5. The number of halogens is 1. The molecule has 0 amide bonds. The number of nitrogens with zero attached hydrogens (tertiary/aromatic N) is 2. The number of aromatic amines is 1. The Morgan fingerprint density at radius 1 is 1.06 bits per heavy atom. The van der Waals surface area contributed by atoms with Crippen LogP contribution in [-0.4, -0.2) is 16.8 Å². The standard InChI is InChI=1S/C28H23FN4O3/c1-2-34-23-14-18(12-13-22(23)35-16-19-10-6-7-11-21(19)29)24-20(15-30)27(31)36-28-25(24)26(32-33-28)17-8-4-3-5-9-17/h3-14,24H,2,16,31H2,1H3,(H,32,33)/t24-/m0/s1. The molecule has 0 saturated heterocycles. The van der Waals surface area contributed by atoms with E-state index in [0.717, 1.165) is 16.8 Å². The van der Waals surface area contributed by atoms with Crippen LogP contribution in [-0.2, 0) is 6.61 Å². The Hall–Kier alpha value is -4.77. The first-order valence-electron chi connectivity index (χ1n) is 11.4. The maximum absolute atomic E-state index is 14.1. The molecule has 0 spiro atoms. The molecular weight excluding hydrogens is 459 g/mol. The van der Waals surface area contributed by atoms with Crippen LogP contribution in [0.1, 0.15) is 29.5 Å². The lowest BCUT2D eigenvalue weighted by atomic mass is 9.83. The van der Waals surface area contributed by atoms with Crippen LogP contribution >= 0.6 is 0 Å². The third-order valence-electron chi connectivity index (χ3n) is 5.94. The molecule has 8 heteroatoms. The molecule has 1 aliphatic rings. The smallest absolute Gasteiger partial charge is 0.244 e. The van der Waals surface area contributed by atoms with E-state index in [4.69, 9.17) is 19.9 Å². The van der Waals surface area contributed by atoms with Crippen LogP contribution in [0.3, 0.4) is 0 Å². The van der Waals surface area contributed by atoms with E-state index < -0.39 is 5.92 Å². The van der Waals surface area contributed by atoms with Crippen molar-refractivity contribution in [3.05, 3.63) is 107 Å². The Balaban J connectivity index is 1.57. The average Bonchev–Trinajstić information content (AvgIpc) is 3.32. The molecule has 1 aliphatic heterocycles. The Bertz CT molecular complexity index is 1470. The monoisotopic (exact) mass is 482 g/mol. The van der Waals surface area contributed by atoms with Crippen molar-refractivity contribution in [3.8, 4) is 34.7 Å². The summed E-state index contributed by atoms with van der Waals surface area (Å²) in [7, 11) is 0. The molecule has 0 radical (unpaired) electrons. The zero-order valence-electron chi connectivity index (χ0n) is 19.5. The molecule has 1 atom stereocenters. The summed E-state index contributed by atoms with van der Waals surface area (Å²) in [6, 6.07) is 23.7. The Morgan fingerprint density at radius 3 is 2.58 bits per heavy atom. The quantitative estimate of drug-likeness (QED) is 0.365. The molecular formula is C28H23FN4O3. The molecule has 1 aromatic heterocycles. The highest BCUT2D eigenvalue weighted by molar-refractivity contribution is 5.71. The number of fused-ring (bicyclic) bond motifs is 1. The summed E-state index contributed by atoms with van der Waals surface area (Å²) in [4.78, 5) is 0. The summed E-state index contributed by atoms with van der Waals surface area (Å²) in [6.07, 6.45) is 0. The van der Waals surface area contributed by atoms with Crippen LogP contribution in [0.2, 0.25) is 0 Å². The normalized spacial score (nSPS) is 14.5. The summed E-state index contributed by atoms with van der Waals surface area (Å²) in [5.74, 6) is 0.358. The highest BCUT2D eigenvalue weighted by Gasteiger charge is 2.36. The van der Waals surface area contributed by atoms with Crippen LogP contribution < -0.4 is 19.9 Å². The molecule has 3 aromatic carbocycles. The number of nitrogens with one attached hydrogen (secondary N) is 1. The van der Waals surface area contributed by atoms with Gasteiger partial charge < -0.3 is 19.9 Å². The van der Waals surface area contributed by atoms with Crippen molar-refractivity contribution in [2.24, 2.45) is 5.73 Å². The summed E-state index contributed by atoms with van der Waals surface area (Å²) >= 11 is 0. The largest absolute Gasteiger partial charge is 0.490 e. The molecule has 0 aliphatic carbocycles. The van der Waals surface area contributed by atoms with Gasteiger partial charge in [0.2, 0.25) is 11.8 Å². The zero-order chi connectivity index (χ0) is 25.1. The fourth-order valence-electron chi connectivity index (χ4n) is 4.27. The third kappa shape index (κ3) is 4.23. The van der Waals surface area contributed by atoms with Crippen molar-refractivity contribution in [1.82, 2.24) is 10.2 Å². The van der Waals surface area contributed by atoms with Crippen molar-refractivity contribution in [2.75, 3.05) is 6.61 Å². The van der Waals surface area contributed by atoms with E-state index in [2.05, 4.69) is 16.3 Å². The topological polar surface area (TPSA) is 106 Å². The highest BCUT2D eigenvalue weighted by Crippen LogP contribution is 2.47. The molecule has 0 fully saturated rings. The highest BCUT2D eigenvalue weighted by atomic mass is 19.1. The Labute approximate surface area is 207 Å². The maximum Gasteiger partial charge on any atom is 0.244 e. The fourth-order valence-corrected chi connectivity index (χ4v) is 4.27. The van der Waals surface area contributed by atoms with E-state index in [9.17, 15) is 9.65 Å². The van der Waals surface area contributed by atoms with Crippen molar-refractivity contribution in [3.63, 3.8) is 0 Å². The first-order valence-corrected chi connectivity index (χ1v) is 11.4. The number of rotatable bonds is 7. The number of nitriles is 1. The maximum atomic E-state index is 14.1. The number of allylic oxidation sites excluding steroid dienone is 1. The van der Waals surface area contributed by atoms with Gasteiger partial charge in [-0.1, -0.05) is 54.6 Å². The van der Waals surface area contributed by atoms with Gasteiger partial charge in [-0.3, -0.25) is 5.10 Å². The minimum atomic E-state index is -0.549. The lowest BCUT2D eigenvalue weighted by Crippen LogP contribution is -2.21. The molecule has 7 nitrogen and oxygen atoms in total. The fraction of sp³-hybridized carbons (Fsp3) is 0.143. The van der Waals surface area contributed by atoms with Gasteiger partial charge in [0.05, 0.1) is 23.8 Å². The number of nitrogens with two attached hydrogens (primary N) is 1. The van der Waals surface area contributed by atoms with Crippen molar-refractivity contribution < 1.29 is 18.6 Å². The molecule has 36 heavy (non-hydrogen) atoms. The summed E-state index contributed by atoms with van der Waals surface area (Å²) in [5, 5.41) is 17.3. The second kappa shape index (κ2) is 9.84. The number of hydrogen-bond donors (Lipinski definition) is 2. The number of hydrogen-bond acceptors (Lipinski definition) is 6. The Kier molecular flexibility index (Phi) is 6.29. The average molecular weight is 483 g/mol. The number of ether oxygens (including phenoxy) is 3. The lowest BCUT2D eigenvalue weighted by Gasteiger charge is -2.25. The van der Waals surface area contributed by atoms with E-state index in [1.54, 1.807) is 24.3 Å². The SMILES string of the molecule is CCOc1cc([C@H]2C(C#N)=C(N)Oc3n[nH]c(-c4ccccc4)c32)ccc1OCc1ccccc1F. The van der Waals surface area contributed by atoms with Crippen LogP contribution in [0.15, 0.2) is 84.3 Å². The molecule has 2 heterocycles. The van der Waals surface area contributed by atoms with Crippen LogP contribution in [0.4, 0.5) is 4.39 Å². The lowest BCUT2D eigenvalue weighted by molar-refractivity contribution is 0.265. The van der Waals surface area contributed by atoms with Crippen molar-refractivity contribution in [2.45, 2.75) is 19.4 Å². The van der Waals surface area contributed by atoms with E-state index in [1.807, 2.05) is 49.4 Å². The van der Waals surface area contributed by atoms with Gasteiger partial charge in [-0.05, 0) is 36.2 Å². The zero-order valence-corrected chi connectivity index (χ0v) is 19.5. The molecule has 0 bridgehead atoms. The third-order valence-corrected chi connectivity index (χ3v) is 5.94. The van der Waals surface area contributed by atoms with Gasteiger partial charge in [0.1, 0.15) is 24.1 Å². The van der Waals surface area contributed by atoms with Crippen LogP contribution in [0.25, 0.3) is 11.3 Å². The minimum Gasteiger partial charge on any atom is -0.490 e. The minimum absolute atomic E-state index is 0.000971. The predicted octanol–water partition coefficient (Wildman–Crippen LogP) is 5.41. The van der Waals surface area contributed by atoms with Gasteiger partial charge in [-0.15, -0.1) is 5.10 Å². The molecule has 4 aromatic rings. The van der Waals surface area contributed by atoms with Gasteiger partial charge in [-0.2, -0.15) is 5.26 Å². The first kappa shape index (κ1) is 23.0. The van der Waals surface area contributed by atoms with Gasteiger partial charge in [0.15, 0.2) is 11.5 Å². The summed E-state index contributed by atoms with van der Waals surface area (Å²) in [5.41, 5.74) is 9.90. The predicted molar refractivity (Wildman–Crippen MR) is 132 cm³/mol. The summed E-state index contributed by atoms with van der Waals surface area (Å²) in [6.45, 7) is 2.30. The molecule has 5 rings (SSSR count). The molecule has 0 saturated carbocycles. The van der Waals surface area contributed by atoms with Gasteiger partial charge in [0, 0.05) is 5.56 Å². The second-order valence-electron chi connectivity index (χ2n) is 8.13. The van der Waals surface area contributed by atoms with Gasteiger partial charge in [-0.25, -0.2) is 4.39 Å². The number of aromatic nitrogens is 2.